The van der Waals surface area contributed by atoms with Crippen LogP contribution in [0.1, 0.15) is 29.9 Å². The third kappa shape index (κ3) is 6.00. The Labute approximate surface area is 203 Å². The number of fused-ring (bicyclic) bond motifs is 3. The lowest BCUT2D eigenvalue weighted by atomic mass is 9.98. The van der Waals surface area contributed by atoms with Crippen molar-refractivity contribution >= 4 is 27.8 Å². The number of aliphatic carboxylic acids is 1. The van der Waals surface area contributed by atoms with Crippen LogP contribution in [0.15, 0.2) is 48.5 Å². The Bertz CT molecular complexity index is 1200. The van der Waals surface area contributed by atoms with Gasteiger partial charge in [-0.15, -0.1) is 0 Å². The molecule has 186 valence electrons. The van der Waals surface area contributed by atoms with E-state index in [-0.39, 0.29) is 37.2 Å². The summed E-state index contributed by atoms with van der Waals surface area (Å²) in [5, 5.41) is 14.3. The number of amides is 2. The fraction of sp³-hybridized carbons (Fsp3) is 0.400. The number of carbonyl (C=O) groups excluding carboxylic acids is 2. The zero-order valence-electron chi connectivity index (χ0n) is 19.3. The van der Waals surface area contributed by atoms with E-state index < -0.39 is 39.8 Å². The fourth-order valence-corrected chi connectivity index (χ4v) is 5.19. The van der Waals surface area contributed by atoms with E-state index in [1.165, 1.54) is 0 Å². The summed E-state index contributed by atoms with van der Waals surface area (Å²) in [5.41, 5.74) is 4.51. The minimum atomic E-state index is -3.34. The molecule has 0 aliphatic heterocycles. The number of rotatable bonds is 10. The molecule has 0 bridgehead atoms. The zero-order valence-corrected chi connectivity index (χ0v) is 20.1. The Hall–Kier alpha value is -3.40. The van der Waals surface area contributed by atoms with Crippen molar-refractivity contribution in [2.75, 3.05) is 25.2 Å². The molecule has 2 aliphatic rings. The van der Waals surface area contributed by atoms with E-state index in [9.17, 15) is 27.9 Å². The molecule has 0 aromatic heterocycles. The zero-order chi connectivity index (χ0) is 25.2. The smallest absolute Gasteiger partial charge is 0.407 e. The van der Waals surface area contributed by atoms with Crippen LogP contribution in [0.3, 0.4) is 0 Å². The highest BCUT2D eigenvalue weighted by Gasteiger charge is 2.44. The number of alkyl carbamates (subject to hydrolysis) is 1. The van der Waals surface area contributed by atoms with Gasteiger partial charge in [0.05, 0.1) is 5.75 Å². The Morgan fingerprint density at radius 2 is 1.66 bits per heavy atom. The van der Waals surface area contributed by atoms with Gasteiger partial charge in [0.2, 0.25) is 5.91 Å². The summed E-state index contributed by atoms with van der Waals surface area (Å²) in [4.78, 5) is 36.0. The maximum Gasteiger partial charge on any atom is 0.407 e. The monoisotopic (exact) mass is 500 g/mol. The molecule has 2 aromatic carbocycles. The van der Waals surface area contributed by atoms with Gasteiger partial charge in [-0.1, -0.05) is 48.5 Å². The van der Waals surface area contributed by atoms with Crippen LogP contribution in [-0.2, 0) is 24.2 Å². The maximum absolute atomic E-state index is 12.4. The van der Waals surface area contributed by atoms with Crippen molar-refractivity contribution in [3.05, 3.63) is 59.7 Å². The van der Waals surface area contributed by atoms with Gasteiger partial charge in [0.25, 0.3) is 0 Å². The predicted octanol–water partition coefficient (Wildman–Crippen LogP) is 2.17. The van der Waals surface area contributed by atoms with Gasteiger partial charge >= 0.3 is 12.1 Å². The third-order valence-corrected chi connectivity index (χ3v) is 7.48. The van der Waals surface area contributed by atoms with Gasteiger partial charge in [0.1, 0.15) is 22.5 Å². The number of carbonyl (C=O) groups is 3. The lowest BCUT2D eigenvalue weighted by Gasteiger charge is -2.15. The molecule has 10 heteroatoms. The highest BCUT2D eigenvalue weighted by atomic mass is 32.2. The van der Waals surface area contributed by atoms with Gasteiger partial charge < -0.3 is 20.5 Å². The van der Waals surface area contributed by atoms with Crippen LogP contribution in [0.2, 0.25) is 0 Å². The van der Waals surface area contributed by atoms with E-state index in [0.29, 0.717) is 6.42 Å². The second-order valence-corrected chi connectivity index (χ2v) is 11.4. The molecule has 0 heterocycles. The number of hydrogen-bond acceptors (Lipinski definition) is 6. The van der Waals surface area contributed by atoms with Crippen molar-refractivity contribution in [3.8, 4) is 11.1 Å². The number of ether oxygens (including phenoxy) is 1. The predicted molar refractivity (Wildman–Crippen MR) is 129 cm³/mol. The standard InChI is InChI=1S/C25H28N2O7S/c1-35(32,33)11-10-22(24(29)30)27-23(28)20-12-15(20)13-26-25(31)34-14-21-18-8-4-2-6-16(18)17-7-3-5-9-19(17)21/h2-9,15,20-22H,10-14H2,1H3,(H,26,31)(H,27,28)(H,29,30)/t15-,20-,22?/m1/s1. The summed E-state index contributed by atoms with van der Waals surface area (Å²) in [6.45, 7) is 0.422. The normalized spacial score (nSPS) is 19.2. The molecule has 3 N–H and O–H groups in total. The van der Waals surface area contributed by atoms with Crippen molar-refractivity contribution in [2.45, 2.75) is 24.8 Å². The van der Waals surface area contributed by atoms with E-state index in [1.807, 2.05) is 36.4 Å². The van der Waals surface area contributed by atoms with E-state index >= 15 is 0 Å². The molecular formula is C25H28N2O7S. The molecule has 1 saturated carbocycles. The quantitative estimate of drug-likeness (QED) is 0.454. The number of nitrogens with one attached hydrogen (secondary N) is 2. The van der Waals surface area contributed by atoms with Crippen LogP contribution in [0.25, 0.3) is 11.1 Å². The minimum Gasteiger partial charge on any atom is -0.480 e. The van der Waals surface area contributed by atoms with Gasteiger partial charge in [0, 0.05) is 24.6 Å². The first kappa shape index (κ1) is 24.7. The second kappa shape index (κ2) is 10.1. The van der Waals surface area contributed by atoms with Crippen molar-refractivity contribution in [1.82, 2.24) is 10.6 Å². The van der Waals surface area contributed by atoms with Gasteiger partial charge in [-0.25, -0.2) is 18.0 Å². The summed E-state index contributed by atoms with van der Waals surface area (Å²) in [6.07, 6.45) is 0.748. The van der Waals surface area contributed by atoms with Gasteiger partial charge in [-0.05, 0) is 41.0 Å². The first-order valence-electron chi connectivity index (χ1n) is 11.4. The Balaban J connectivity index is 1.23. The molecule has 1 unspecified atom stereocenters. The molecule has 35 heavy (non-hydrogen) atoms. The number of benzene rings is 2. The Kier molecular flexibility index (Phi) is 7.11. The fourth-order valence-electron chi connectivity index (χ4n) is 4.53. The lowest BCUT2D eigenvalue weighted by molar-refractivity contribution is -0.142. The molecule has 0 spiro atoms. The topological polar surface area (TPSA) is 139 Å². The number of sulfone groups is 1. The number of hydrogen-bond donors (Lipinski definition) is 3. The average Bonchev–Trinajstić information content (AvgIpc) is 3.53. The summed E-state index contributed by atoms with van der Waals surface area (Å²) < 4.78 is 28.1. The van der Waals surface area contributed by atoms with E-state index in [4.69, 9.17) is 4.74 Å². The number of carboxylic acid groups (broad SMARTS) is 1. The molecule has 9 nitrogen and oxygen atoms in total. The first-order chi connectivity index (χ1) is 16.6. The Morgan fingerprint density at radius 1 is 1.06 bits per heavy atom. The lowest BCUT2D eigenvalue weighted by Crippen LogP contribution is -2.43. The van der Waals surface area contributed by atoms with E-state index in [1.54, 1.807) is 0 Å². The maximum atomic E-state index is 12.4. The van der Waals surface area contributed by atoms with Crippen LogP contribution < -0.4 is 10.6 Å². The largest absolute Gasteiger partial charge is 0.480 e. The van der Waals surface area contributed by atoms with Crippen LogP contribution in [0.5, 0.6) is 0 Å². The van der Waals surface area contributed by atoms with Crippen molar-refractivity contribution < 1.29 is 32.6 Å². The van der Waals surface area contributed by atoms with Crippen molar-refractivity contribution in [2.24, 2.45) is 11.8 Å². The molecular weight excluding hydrogens is 472 g/mol. The second-order valence-electron chi connectivity index (χ2n) is 9.13. The minimum absolute atomic E-state index is 0.0486. The third-order valence-electron chi connectivity index (χ3n) is 6.50. The molecule has 3 atom stereocenters. The van der Waals surface area contributed by atoms with Gasteiger partial charge in [-0.3, -0.25) is 4.79 Å². The van der Waals surface area contributed by atoms with Crippen LogP contribution in [-0.4, -0.2) is 62.7 Å². The van der Waals surface area contributed by atoms with Gasteiger partial charge in [0.15, 0.2) is 0 Å². The van der Waals surface area contributed by atoms with E-state index in [2.05, 4.69) is 22.8 Å². The SMILES string of the molecule is CS(=O)(=O)CCC(NC(=O)[C@@H]1C[C@@H]1CNC(=O)OCC1c2ccccc2-c2ccccc21)C(=O)O. The molecule has 2 aliphatic carbocycles. The summed E-state index contributed by atoms with van der Waals surface area (Å²) in [7, 11) is -3.34. The molecule has 4 rings (SSSR count). The van der Waals surface area contributed by atoms with Gasteiger partial charge in [-0.2, -0.15) is 0 Å². The Morgan fingerprint density at radius 3 is 2.23 bits per heavy atom. The van der Waals surface area contributed by atoms with Crippen LogP contribution >= 0.6 is 0 Å². The van der Waals surface area contributed by atoms with Crippen LogP contribution in [0, 0.1) is 11.8 Å². The summed E-state index contributed by atoms with van der Waals surface area (Å²) in [6, 6.07) is 14.8. The molecule has 2 amide bonds. The molecule has 0 saturated heterocycles. The molecule has 0 radical (unpaired) electrons. The van der Waals surface area contributed by atoms with Crippen molar-refractivity contribution in [3.63, 3.8) is 0 Å². The highest BCUT2D eigenvalue weighted by Crippen LogP contribution is 2.44. The highest BCUT2D eigenvalue weighted by molar-refractivity contribution is 7.90. The molecule has 1 fully saturated rings. The number of carboxylic acids is 1. The van der Waals surface area contributed by atoms with Crippen LogP contribution in [0.4, 0.5) is 4.79 Å². The van der Waals surface area contributed by atoms with E-state index in [0.717, 1.165) is 28.5 Å². The first-order valence-corrected chi connectivity index (χ1v) is 13.5. The summed E-state index contributed by atoms with van der Waals surface area (Å²) >= 11 is 0. The summed E-state index contributed by atoms with van der Waals surface area (Å²) in [5.74, 6) is -2.67. The molecule has 2 aromatic rings. The average molecular weight is 501 g/mol. The van der Waals surface area contributed by atoms with Crippen molar-refractivity contribution in [1.29, 1.82) is 0 Å².